The summed E-state index contributed by atoms with van der Waals surface area (Å²) >= 11 is 0. The Morgan fingerprint density at radius 3 is 2.08 bits per heavy atom. The van der Waals surface area contributed by atoms with Crippen LogP contribution in [-0.4, -0.2) is 26.4 Å². The van der Waals surface area contributed by atoms with Gasteiger partial charge in [0.25, 0.3) is 0 Å². The summed E-state index contributed by atoms with van der Waals surface area (Å²) in [6.07, 6.45) is 2.03. The zero-order valence-electron chi connectivity index (χ0n) is 9.02. The number of ether oxygens (including phenoxy) is 2. The van der Waals surface area contributed by atoms with Gasteiger partial charge in [-0.1, -0.05) is 20.8 Å². The van der Waals surface area contributed by atoms with Crippen molar-refractivity contribution < 1.29 is 9.47 Å². The van der Waals surface area contributed by atoms with E-state index in [-0.39, 0.29) is 5.60 Å². The number of hydrogen-bond acceptors (Lipinski definition) is 2. The second-order valence-electron chi connectivity index (χ2n) is 3.52. The summed E-state index contributed by atoms with van der Waals surface area (Å²) in [5, 5.41) is 0. The third-order valence-electron chi connectivity index (χ3n) is 2.79. The molecule has 0 saturated carbocycles. The molecule has 0 amide bonds. The summed E-state index contributed by atoms with van der Waals surface area (Å²) in [5.41, 5.74) is 0.00993. The van der Waals surface area contributed by atoms with Crippen LogP contribution in [0.15, 0.2) is 0 Å². The van der Waals surface area contributed by atoms with Gasteiger partial charge in [0.15, 0.2) is 0 Å². The van der Waals surface area contributed by atoms with E-state index in [1.165, 1.54) is 0 Å². The van der Waals surface area contributed by atoms with E-state index >= 15 is 0 Å². The van der Waals surface area contributed by atoms with Crippen LogP contribution >= 0.6 is 0 Å². The molecule has 0 radical (unpaired) electrons. The first-order chi connectivity index (χ1) is 5.63. The number of methoxy groups -OCH3 is 2. The maximum absolute atomic E-state index is 5.57. The van der Waals surface area contributed by atoms with Gasteiger partial charge in [-0.25, -0.2) is 0 Å². The lowest BCUT2D eigenvalue weighted by atomic mass is 9.85. The zero-order valence-corrected chi connectivity index (χ0v) is 9.02. The van der Waals surface area contributed by atoms with Gasteiger partial charge in [0, 0.05) is 20.8 Å². The molecule has 0 bridgehead atoms. The van der Waals surface area contributed by atoms with Gasteiger partial charge in [0.05, 0.1) is 5.60 Å². The first-order valence-corrected chi connectivity index (χ1v) is 4.67. The Kier molecular flexibility index (Phi) is 5.51. The predicted octanol–water partition coefficient (Wildman–Crippen LogP) is 2.47. The largest absolute Gasteiger partial charge is 0.385 e. The highest BCUT2D eigenvalue weighted by molar-refractivity contribution is 4.82. The first kappa shape index (κ1) is 11.9. The Morgan fingerprint density at radius 1 is 1.25 bits per heavy atom. The second kappa shape index (κ2) is 5.55. The summed E-state index contributed by atoms with van der Waals surface area (Å²) in [6, 6.07) is 0. The van der Waals surface area contributed by atoms with Crippen LogP contribution in [0.25, 0.3) is 0 Å². The van der Waals surface area contributed by atoms with E-state index < -0.39 is 0 Å². The smallest absolute Gasteiger partial charge is 0.0720 e. The molecule has 0 aromatic heterocycles. The quantitative estimate of drug-likeness (QED) is 0.616. The molecule has 74 valence electrons. The summed E-state index contributed by atoms with van der Waals surface area (Å²) in [5.74, 6) is 0.544. The molecule has 0 aliphatic rings. The molecule has 0 aliphatic heterocycles. The molecule has 1 atom stereocenters. The van der Waals surface area contributed by atoms with Gasteiger partial charge >= 0.3 is 0 Å². The highest BCUT2D eigenvalue weighted by atomic mass is 16.5. The SMILES string of the molecule is CCC(CCOC)(OC)C(C)C. The first-order valence-electron chi connectivity index (χ1n) is 4.67. The number of rotatable bonds is 6. The monoisotopic (exact) mass is 174 g/mol. The Bertz CT molecular complexity index is 106. The minimum absolute atomic E-state index is 0.00993. The van der Waals surface area contributed by atoms with E-state index in [4.69, 9.17) is 9.47 Å². The predicted molar refractivity (Wildman–Crippen MR) is 51.4 cm³/mol. The van der Waals surface area contributed by atoms with E-state index in [9.17, 15) is 0 Å². The summed E-state index contributed by atoms with van der Waals surface area (Å²) in [4.78, 5) is 0. The minimum Gasteiger partial charge on any atom is -0.385 e. The molecule has 12 heavy (non-hydrogen) atoms. The van der Waals surface area contributed by atoms with Crippen LogP contribution in [0.1, 0.15) is 33.6 Å². The summed E-state index contributed by atoms with van der Waals surface area (Å²) < 4.78 is 10.6. The lowest BCUT2D eigenvalue weighted by Gasteiger charge is -2.35. The van der Waals surface area contributed by atoms with Crippen molar-refractivity contribution in [2.75, 3.05) is 20.8 Å². The maximum Gasteiger partial charge on any atom is 0.0720 e. The average Bonchev–Trinajstić information content (AvgIpc) is 2.07. The molecule has 0 rings (SSSR count). The van der Waals surface area contributed by atoms with Crippen molar-refractivity contribution in [3.8, 4) is 0 Å². The van der Waals surface area contributed by atoms with Crippen molar-refractivity contribution in [3.05, 3.63) is 0 Å². The third kappa shape index (κ3) is 2.76. The van der Waals surface area contributed by atoms with E-state index in [1.807, 2.05) is 0 Å². The standard InChI is InChI=1S/C10H22O2/c1-6-10(12-5,9(2)3)7-8-11-4/h9H,6-8H2,1-5H3. The molecule has 2 heteroatoms. The van der Waals surface area contributed by atoms with E-state index in [1.54, 1.807) is 14.2 Å². The van der Waals surface area contributed by atoms with Gasteiger partial charge in [-0.2, -0.15) is 0 Å². The normalized spacial score (nSPS) is 16.5. The zero-order chi connectivity index (χ0) is 9.61. The fourth-order valence-corrected chi connectivity index (χ4v) is 1.63. The van der Waals surface area contributed by atoms with Crippen molar-refractivity contribution in [1.82, 2.24) is 0 Å². The van der Waals surface area contributed by atoms with Gasteiger partial charge in [-0.05, 0) is 18.8 Å². The third-order valence-corrected chi connectivity index (χ3v) is 2.79. The van der Waals surface area contributed by atoms with Crippen LogP contribution < -0.4 is 0 Å². The molecule has 0 aliphatic carbocycles. The fraction of sp³-hybridized carbons (Fsp3) is 1.00. The maximum atomic E-state index is 5.57. The Hall–Kier alpha value is -0.0800. The van der Waals surface area contributed by atoms with Gasteiger partial charge in [-0.15, -0.1) is 0 Å². The molecule has 0 heterocycles. The molecule has 0 aromatic rings. The van der Waals surface area contributed by atoms with Crippen molar-refractivity contribution in [2.24, 2.45) is 5.92 Å². The Labute approximate surface area is 76.3 Å². The van der Waals surface area contributed by atoms with E-state index in [0.717, 1.165) is 19.4 Å². The van der Waals surface area contributed by atoms with Crippen LogP contribution in [0.5, 0.6) is 0 Å². The molecule has 0 saturated heterocycles. The van der Waals surface area contributed by atoms with Crippen LogP contribution in [0, 0.1) is 5.92 Å². The van der Waals surface area contributed by atoms with Crippen LogP contribution in [0.3, 0.4) is 0 Å². The summed E-state index contributed by atoms with van der Waals surface area (Å²) in [6.45, 7) is 7.34. The van der Waals surface area contributed by atoms with Crippen molar-refractivity contribution in [3.63, 3.8) is 0 Å². The molecule has 1 unspecified atom stereocenters. The highest BCUT2D eigenvalue weighted by Gasteiger charge is 2.30. The second-order valence-corrected chi connectivity index (χ2v) is 3.52. The van der Waals surface area contributed by atoms with E-state index in [0.29, 0.717) is 5.92 Å². The highest BCUT2D eigenvalue weighted by Crippen LogP contribution is 2.28. The average molecular weight is 174 g/mol. The lowest BCUT2D eigenvalue weighted by Crippen LogP contribution is -2.37. The number of hydrogen-bond donors (Lipinski definition) is 0. The van der Waals surface area contributed by atoms with Crippen LogP contribution in [0.2, 0.25) is 0 Å². The molecular formula is C10H22O2. The molecule has 0 N–H and O–H groups in total. The topological polar surface area (TPSA) is 18.5 Å². The van der Waals surface area contributed by atoms with Gasteiger partial charge in [0.1, 0.15) is 0 Å². The molecule has 0 spiro atoms. The van der Waals surface area contributed by atoms with Crippen LogP contribution in [-0.2, 0) is 9.47 Å². The molecule has 0 fully saturated rings. The van der Waals surface area contributed by atoms with Crippen LogP contribution in [0.4, 0.5) is 0 Å². The van der Waals surface area contributed by atoms with Crippen molar-refractivity contribution in [2.45, 2.75) is 39.2 Å². The van der Waals surface area contributed by atoms with E-state index in [2.05, 4.69) is 20.8 Å². The minimum atomic E-state index is 0.00993. The van der Waals surface area contributed by atoms with Gasteiger partial charge in [-0.3, -0.25) is 0 Å². The van der Waals surface area contributed by atoms with Gasteiger partial charge < -0.3 is 9.47 Å². The molecule has 0 aromatic carbocycles. The van der Waals surface area contributed by atoms with Crippen molar-refractivity contribution in [1.29, 1.82) is 0 Å². The summed E-state index contributed by atoms with van der Waals surface area (Å²) in [7, 11) is 3.52. The Balaban J connectivity index is 4.15. The van der Waals surface area contributed by atoms with Gasteiger partial charge in [0.2, 0.25) is 0 Å². The Morgan fingerprint density at radius 2 is 1.83 bits per heavy atom. The fourth-order valence-electron chi connectivity index (χ4n) is 1.63. The molecule has 2 nitrogen and oxygen atoms in total. The lowest BCUT2D eigenvalue weighted by molar-refractivity contribution is -0.0691. The van der Waals surface area contributed by atoms with Crippen molar-refractivity contribution >= 4 is 0 Å². The molecular weight excluding hydrogens is 152 g/mol.